The second-order valence-electron chi connectivity index (χ2n) is 6.18. The molecular weight excluding hydrogens is 308 g/mol. The lowest BCUT2D eigenvalue weighted by atomic mass is 10.1. The molecule has 2 saturated heterocycles. The average molecular weight is 329 g/mol. The average Bonchev–Trinajstić information content (AvgIpc) is 2.90. The van der Waals surface area contributed by atoms with Gasteiger partial charge in [0.15, 0.2) is 12.1 Å². The minimum Gasteiger partial charge on any atom is -0.391 e. The maximum atomic E-state index is 9.92. The van der Waals surface area contributed by atoms with E-state index in [-0.39, 0.29) is 6.10 Å². The van der Waals surface area contributed by atoms with Gasteiger partial charge in [-0.15, -0.1) is 0 Å². The van der Waals surface area contributed by atoms with Crippen LogP contribution in [-0.2, 0) is 25.6 Å². The van der Waals surface area contributed by atoms with Crippen LogP contribution < -0.4 is 0 Å². The molecule has 1 aromatic rings. The zero-order valence-electron chi connectivity index (χ0n) is 12.9. The Morgan fingerprint density at radius 2 is 2.05 bits per heavy atom. The number of fused-ring (bicyclic) bond motifs is 1. The van der Waals surface area contributed by atoms with Crippen molar-refractivity contribution in [2.75, 3.05) is 0 Å². The van der Waals surface area contributed by atoms with E-state index in [9.17, 15) is 5.11 Å². The normalized spacial score (nSPS) is 34.6. The van der Waals surface area contributed by atoms with Gasteiger partial charge in [0.1, 0.15) is 18.3 Å². The molecule has 0 amide bonds. The van der Waals surface area contributed by atoms with Crippen LogP contribution in [0.25, 0.3) is 0 Å². The van der Waals surface area contributed by atoms with Crippen molar-refractivity contribution in [2.24, 2.45) is 0 Å². The molecule has 6 heteroatoms. The highest BCUT2D eigenvalue weighted by Gasteiger charge is 2.56. The third kappa shape index (κ3) is 3.15. The third-order valence-corrected chi connectivity index (χ3v) is 4.26. The second-order valence-corrected chi connectivity index (χ2v) is 6.58. The highest BCUT2D eigenvalue weighted by molar-refractivity contribution is 6.31. The molecule has 2 aliphatic heterocycles. The van der Waals surface area contributed by atoms with Gasteiger partial charge in [-0.1, -0.05) is 29.8 Å². The van der Waals surface area contributed by atoms with E-state index in [2.05, 4.69) is 0 Å². The lowest BCUT2D eigenvalue weighted by Gasteiger charge is -2.27. The van der Waals surface area contributed by atoms with Crippen LogP contribution in [0.5, 0.6) is 0 Å². The molecule has 22 heavy (non-hydrogen) atoms. The number of halogens is 1. The van der Waals surface area contributed by atoms with Crippen LogP contribution in [0.3, 0.4) is 0 Å². The van der Waals surface area contributed by atoms with E-state index in [1.54, 1.807) is 6.92 Å². The molecule has 0 radical (unpaired) electrons. The molecule has 3 rings (SSSR count). The van der Waals surface area contributed by atoms with Crippen molar-refractivity contribution in [1.82, 2.24) is 0 Å². The summed E-state index contributed by atoms with van der Waals surface area (Å²) in [6.07, 6.45) is -2.48. The summed E-state index contributed by atoms with van der Waals surface area (Å²) in [6.45, 7) is 5.65. The molecule has 2 aliphatic rings. The molecule has 2 heterocycles. The molecule has 0 unspecified atom stereocenters. The van der Waals surface area contributed by atoms with E-state index in [0.717, 1.165) is 5.56 Å². The summed E-state index contributed by atoms with van der Waals surface area (Å²) >= 11 is 6.15. The van der Waals surface area contributed by atoms with Crippen molar-refractivity contribution in [3.8, 4) is 0 Å². The fourth-order valence-corrected chi connectivity index (χ4v) is 3.07. The van der Waals surface area contributed by atoms with Gasteiger partial charge in [-0.05, 0) is 32.4 Å². The van der Waals surface area contributed by atoms with Gasteiger partial charge in [0.2, 0.25) is 0 Å². The molecule has 5 atom stereocenters. The minimum atomic E-state index is -0.717. The van der Waals surface area contributed by atoms with E-state index in [1.165, 1.54) is 0 Å². The van der Waals surface area contributed by atoms with Gasteiger partial charge >= 0.3 is 0 Å². The second kappa shape index (κ2) is 6.07. The molecule has 1 N–H and O–H groups in total. The summed E-state index contributed by atoms with van der Waals surface area (Å²) < 4.78 is 23.3. The summed E-state index contributed by atoms with van der Waals surface area (Å²) in [6, 6.07) is 7.50. The fourth-order valence-electron chi connectivity index (χ4n) is 2.88. The number of benzene rings is 1. The fraction of sp³-hybridized carbons (Fsp3) is 0.625. The summed E-state index contributed by atoms with van der Waals surface area (Å²) in [4.78, 5) is 0. The smallest absolute Gasteiger partial charge is 0.190 e. The lowest BCUT2D eigenvalue weighted by molar-refractivity contribution is -0.229. The quantitative estimate of drug-likeness (QED) is 0.920. The van der Waals surface area contributed by atoms with Gasteiger partial charge < -0.3 is 24.1 Å². The van der Waals surface area contributed by atoms with Crippen molar-refractivity contribution >= 4 is 11.6 Å². The molecule has 1 aromatic carbocycles. The van der Waals surface area contributed by atoms with Gasteiger partial charge in [-0.2, -0.15) is 0 Å². The van der Waals surface area contributed by atoms with Crippen molar-refractivity contribution < 1.29 is 24.1 Å². The molecule has 0 aliphatic carbocycles. The Morgan fingerprint density at radius 1 is 1.32 bits per heavy atom. The molecule has 0 bridgehead atoms. The first-order valence-electron chi connectivity index (χ1n) is 7.41. The van der Waals surface area contributed by atoms with Crippen LogP contribution in [0.1, 0.15) is 26.3 Å². The predicted octanol–water partition coefficient (Wildman–Crippen LogP) is 2.48. The van der Waals surface area contributed by atoms with E-state index in [0.29, 0.717) is 11.6 Å². The number of aliphatic hydroxyl groups is 1. The highest BCUT2D eigenvalue weighted by atomic mass is 35.5. The van der Waals surface area contributed by atoms with E-state index in [4.69, 9.17) is 30.5 Å². The van der Waals surface area contributed by atoms with Gasteiger partial charge in [-0.25, -0.2) is 0 Å². The monoisotopic (exact) mass is 328 g/mol. The Kier molecular flexibility index (Phi) is 4.47. The largest absolute Gasteiger partial charge is 0.391 e. The topological polar surface area (TPSA) is 57.2 Å². The van der Waals surface area contributed by atoms with Crippen LogP contribution in [0.2, 0.25) is 5.02 Å². The van der Waals surface area contributed by atoms with Crippen LogP contribution in [0.15, 0.2) is 24.3 Å². The van der Waals surface area contributed by atoms with Gasteiger partial charge in [-0.3, -0.25) is 0 Å². The van der Waals surface area contributed by atoms with Crippen LogP contribution in [-0.4, -0.2) is 41.6 Å². The van der Waals surface area contributed by atoms with E-state index in [1.807, 2.05) is 38.1 Å². The molecule has 0 aromatic heterocycles. The Balaban J connectivity index is 1.73. The number of hydrogen-bond donors (Lipinski definition) is 1. The first-order chi connectivity index (χ1) is 10.4. The number of aliphatic hydroxyl groups excluding tert-OH is 1. The Labute approximate surface area is 135 Å². The Hall–Kier alpha value is -0.690. The maximum Gasteiger partial charge on any atom is 0.190 e. The molecule has 0 saturated carbocycles. The first-order valence-corrected chi connectivity index (χ1v) is 7.79. The zero-order chi connectivity index (χ0) is 15.9. The third-order valence-electron chi connectivity index (χ3n) is 3.89. The van der Waals surface area contributed by atoms with Crippen molar-refractivity contribution in [2.45, 2.75) is 63.9 Å². The van der Waals surface area contributed by atoms with Gasteiger partial charge in [0.05, 0.1) is 12.7 Å². The molecule has 5 nitrogen and oxygen atoms in total. The molecular formula is C16H21ClO5. The predicted molar refractivity (Wildman–Crippen MR) is 80.4 cm³/mol. The minimum absolute atomic E-state index is 0.323. The molecule has 122 valence electrons. The van der Waals surface area contributed by atoms with Gasteiger partial charge in [0, 0.05) is 5.02 Å². The lowest BCUT2D eigenvalue weighted by Crippen LogP contribution is -2.41. The summed E-state index contributed by atoms with van der Waals surface area (Å²) in [5, 5.41) is 10.6. The van der Waals surface area contributed by atoms with E-state index < -0.39 is 30.4 Å². The van der Waals surface area contributed by atoms with Crippen molar-refractivity contribution in [3.05, 3.63) is 34.9 Å². The van der Waals surface area contributed by atoms with Crippen molar-refractivity contribution in [3.63, 3.8) is 0 Å². The van der Waals surface area contributed by atoms with Gasteiger partial charge in [0.25, 0.3) is 0 Å². The number of rotatable bonds is 4. The summed E-state index contributed by atoms with van der Waals surface area (Å²) in [5.41, 5.74) is 0.884. The Bertz CT molecular complexity index is 533. The highest BCUT2D eigenvalue weighted by Crippen LogP contribution is 2.40. The maximum absolute atomic E-state index is 9.92. The van der Waals surface area contributed by atoms with Crippen LogP contribution >= 0.6 is 11.6 Å². The summed E-state index contributed by atoms with van der Waals surface area (Å²) in [7, 11) is 0. The van der Waals surface area contributed by atoms with E-state index >= 15 is 0 Å². The first kappa shape index (κ1) is 16.2. The van der Waals surface area contributed by atoms with Crippen molar-refractivity contribution in [1.29, 1.82) is 0 Å². The number of hydrogen-bond acceptors (Lipinski definition) is 5. The standard InChI is InChI=1S/C16H21ClO5/c1-9(18)12-13(14-15(20-12)22-16(2,3)21-14)19-8-10-6-4-5-7-11(10)17/h4-7,9,12-15,18H,8H2,1-3H3/t9-,12-,13+,14-,15-/m1/s1. The molecule has 0 spiro atoms. The van der Waals surface area contributed by atoms with Crippen LogP contribution in [0.4, 0.5) is 0 Å². The SMILES string of the molecule is C[C@@H](O)[C@H]1O[C@@H]2OC(C)(C)O[C@@H]2[C@H]1OCc1ccccc1Cl. The Morgan fingerprint density at radius 3 is 2.73 bits per heavy atom. The molecule has 2 fully saturated rings. The summed E-state index contributed by atoms with van der Waals surface area (Å²) in [5.74, 6) is -0.717. The number of ether oxygens (including phenoxy) is 4. The zero-order valence-corrected chi connectivity index (χ0v) is 13.6. The van der Waals surface area contributed by atoms with Crippen LogP contribution in [0, 0.1) is 0 Å².